The summed E-state index contributed by atoms with van der Waals surface area (Å²) in [7, 11) is 0. The molecule has 0 fully saturated rings. The Hall–Kier alpha value is -3.19. The van der Waals surface area contributed by atoms with E-state index < -0.39 is 0 Å². The van der Waals surface area contributed by atoms with Gasteiger partial charge in [-0.1, -0.05) is 17.7 Å². The summed E-state index contributed by atoms with van der Waals surface area (Å²) >= 11 is 5.97. The Bertz CT molecular complexity index is 1050. The molecule has 1 aliphatic heterocycles. The summed E-state index contributed by atoms with van der Waals surface area (Å²) in [6.07, 6.45) is 0.583. The van der Waals surface area contributed by atoms with Gasteiger partial charge in [0.2, 0.25) is 0 Å². The lowest BCUT2D eigenvalue weighted by Gasteiger charge is -2.27. The van der Waals surface area contributed by atoms with Gasteiger partial charge in [-0.15, -0.1) is 0 Å². The van der Waals surface area contributed by atoms with Crippen molar-refractivity contribution in [1.29, 1.82) is 0 Å². The lowest BCUT2D eigenvalue weighted by atomic mass is 9.99. The van der Waals surface area contributed by atoms with Gasteiger partial charge in [0, 0.05) is 48.0 Å². The predicted molar refractivity (Wildman–Crippen MR) is 98.9 cm³/mol. The Morgan fingerprint density at radius 3 is 2.74 bits per heavy atom. The van der Waals surface area contributed by atoms with E-state index in [-0.39, 0.29) is 28.2 Å². The number of benzene rings is 2. The number of amides is 1. The van der Waals surface area contributed by atoms with E-state index in [4.69, 9.17) is 11.6 Å². The molecule has 27 heavy (non-hydrogen) atoms. The van der Waals surface area contributed by atoms with Crippen LogP contribution in [0.1, 0.15) is 21.6 Å². The molecule has 2 aromatic carbocycles. The highest BCUT2D eigenvalue weighted by atomic mass is 35.5. The molecule has 0 saturated carbocycles. The number of rotatable bonds is 2. The Morgan fingerprint density at radius 2 is 1.96 bits per heavy atom. The molecule has 0 radical (unpaired) electrons. The van der Waals surface area contributed by atoms with E-state index in [1.165, 1.54) is 18.2 Å². The normalized spacial score (nSPS) is 13.4. The zero-order valence-electron chi connectivity index (χ0n) is 14.1. The number of aromatic amines is 1. The summed E-state index contributed by atoms with van der Waals surface area (Å²) in [6, 6.07) is 8.82. The molecule has 2 heterocycles. The van der Waals surface area contributed by atoms with Crippen LogP contribution in [0, 0.1) is 0 Å². The van der Waals surface area contributed by atoms with E-state index in [1.54, 1.807) is 17.0 Å². The number of fused-ring (bicyclic) bond motifs is 1. The van der Waals surface area contributed by atoms with Gasteiger partial charge in [0.05, 0.1) is 5.02 Å². The molecule has 0 aliphatic carbocycles. The van der Waals surface area contributed by atoms with Crippen LogP contribution in [0.5, 0.6) is 17.2 Å². The number of phenols is 3. The predicted octanol–water partition coefficient (Wildman–Crippen LogP) is 3.05. The van der Waals surface area contributed by atoms with Gasteiger partial charge in [-0.05, 0) is 24.3 Å². The number of halogens is 1. The largest absolute Gasteiger partial charge is 0.508 e. The molecule has 1 aliphatic rings. The number of carbonyl (C=O) groups excluding carboxylic acids is 1. The molecule has 0 bridgehead atoms. The first-order chi connectivity index (χ1) is 12.9. The molecule has 0 saturated heterocycles. The summed E-state index contributed by atoms with van der Waals surface area (Å²) in [5.41, 5.74) is 2.93. The molecular formula is C19H16ClN3O4. The molecule has 3 aromatic rings. The zero-order chi connectivity index (χ0) is 19.1. The van der Waals surface area contributed by atoms with Gasteiger partial charge in [-0.3, -0.25) is 9.89 Å². The van der Waals surface area contributed by atoms with Crippen LogP contribution in [-0.4, -0.2) is 42.9 Å². The highest BCUT2D eigenvalue weighted by Crippen LogP contribution is 2.39. The van der Waals surface area contributed by atoms with Crippen molar-refractivity contribution in [1.82, 2.24) is 15.1 Å². The highest BCUT2D eigenvalue weighted by molar-refractivity contribution is 6.32. The third kappa shape index (κ3) is 3.06. The van der Waals surface area contributed by atoms with E-state index >= 15 is 0 Å². The number of aromatic hydroxyl groups is 3. The summed E-state index contributed by atoms with van der Waals surface area (Å²) in [6.45, 7) is 0.805. The minimum absolute atomic E-state index is 0.0335. The molecule has 0 unspecified atom stereocenters. The fourth-order valence-electron chi connectivity index (χ4n) is 3.25. The maximum absolute atomic E-state index is 12.8. The number of aromatic nitrogens is 2. The van der Waals surface area contributed by atoms with Crippen LogP contribution >= 0.6 is 11.6 Å². The van der Waals surface area contributed by atoms with Gasteiger partial charge in [0.1, 0.15) is 22.9 Å². The number of nitrogens with zero attached hydrogens (tertiary/aromatic N) is 2. The minimum atomic E-state index is -0.219. The van der Waals surface area contributed by atoms with Crippen molar-refractivity contribution in [2.75, 3.05) is 6.54 Å². The molecule has 1 aromatic heterocycles. The second-order valence-electron chi connectivity index (χ2n) is 6.38. The van der Waals surface area contributed by atoms with Crippen LogP contribution in [0.15, 0.2) is 36.4 Å². The van der Waals surface area contributed by atoms with Gasteiger partial charge in [0.25, 0.3) is 5.91 Å². The number of H-pyrrole nitrogens is 1. The molecule has 8 heteroatoms. The minimum Gasteiger partial charge on any atom is -0.508 e. The van der Waals surface area contributed by atoms with Gasteiger partial charge in [0.15, 0.2) is 0 Å². The summed E-state index contributed by atoms with van der Waals surface area (Å²) in [5.74, 6) is -0.534. The molecule has 1 amide bonds. The average molecular weight is 386 g/mol. The van der Waals surface area contributed by atoms with Gasteiger partial charge in [-0.25, -0.2) is 0 Å². The first-order valence-electron chi connectivity index (χ1n) is 8.30. The van der Waals surface area contributed by atoms with Crippen molar-refractivity contribution < 1.29 is 20.1 Å². The van der Waals surface area contributed by atoms with Crippen LogP contribution in [0.25, 0.3) is 11.3 Å². The number of carbonyl (C=O) groups is 1. The van der Waals surface area contributed by atoms with E-state index in [9.17, 15) is 20.1 Å². The third-order valence-electron chi connectivity index (χ3n) is 4.63. The molecule has 4 N–H and O–H groups in total. The maximum Gasteiger partial charge on any atom is 0.254 e. The van der Waals surface area contributed by atoms with Gasteiger partial charge >= 0.3 is 0 Å². The molecule has 138 valence electrons. The Kier molecular flexibility index (Phi) is 4.16. The molecule has 4 rings (SSSR count). The molecule has 0 atom stereocenters. The van der Waals surface area contributed by atoms with E-state index in [2.05, 4.69) is 10.2 Å². The van der Waals surface area contributed by atoms with Crippen molar-refractivity contribution in [3.8, 4) is 28.5 Å². The van der Waals surface area contributed by atoms with Crippen molar-refractivity contribution >= 4 is 17.5 Å². The standard InChI is InChI=1S/C19H16ClN3O4/c20-14-7-12(16(25)8-17(14)26)18-13-9-23(5-4-15(13)21-22-18)19(27)10-2-1-3-11(24)6-10/h1-3,6-8,24-26H,4-5,9H2,(H,21,22). The van der Waals surface area contributed by atoms with Crippen molar-refractivity contribution in [3.05, 3.63) is 58.2 Å². The van der Waals surface area contributed by atoms with E-state index in [1.807, 2.05) is 0 Å². The van der Waals surface area contributed by atoms with Crippen LogP contribution in [0.4, 0.5) is 0 Å². The van der Waals surface area contributed by atoms with Crippen LogP contribution < -0.4 is 0 Å². The molecular weight excluding hydrogens is 370 g/mol. The molecule has 7 nitrogen and oxygen atoms in total. The fraction of sp³-hybridized carbons (Fsp3) is 0.158. The SMILES string of the molecule is O=C(c1cccc(O)c1)N1CCc2[nH]nc(-c3cc(Cl)c(O)cc3O)c2C1. The smallest absolute Gasteiger partial charge is 0.254 e. The highest BCUT2D eigenvalue weighted by Gasteiger charge is 2.27. The molecule has 0 spiro atoms. The number of hydrogen-bond acceptors (Lipinski definition) is 5. The van der Waals surface area contributed by atoms with Crippen LogP contribution in [0.2, 0.25) is 5.02 Å². The summed E-state index contributed by atoms with van der Waals surface area (Å²) < 4.78 is 0. The van der Waals surface area contributed by atoms with Crippen LogP contribution in [-0.2, 0) is 13.0 Å². The van der Waals surface area contributed by atoms with Crippen molar-refractivity contribution in [3.63, 3.8) is 0 Å². The number of nitrogens with one attached hydrogen (secondary N) is 1. The lowest BCUT2D eigenvalue weighted by Crippen LogP contribution is -2.35. The second-order valence-corrected chi connectivity index (χ2v) is 6.78. The van der Waals surface area contributed by atoms with Crippen molar-refractivity contribution in [2.45, 2.75) is 13.0 Å². The second kappa shape index (κ2) is 6.51. The monoisotopic (exact) mass is 385 g/mol. The fourth-order valence-corrected chi connectivity index (χ4v) is 3.42. The first kappa shape index (κ1) is 17.2. The third-order valence-corrected chi connectivity index (χ3v) is 4.94. The van der Waals surface area contributed by atoms with E-state index in [0.29, 0.717) is 36.3 Å². The van der Waals surface area contributed by atoms with Crippen molar-refractivity contribution in [2.24, 2.45) is 0 Å². The number of hydrogen-bond donors (Lipinski definition) is 4. The first-order valence-corrected chi connectivity index (χ1v) is 8.68. The van der Waals surface area contributed by atoms with Crippen LogP contribution in [0.3, 0.4) is 0 Å². The van der Waals surface area contributed by atoms with Gasteiger partial charge in [-0.2, -0.15) is 5.10 Å². The Labute approximate surface area is 159 Å². The zero-order valence-corrected chi connectivity index (χ0v) is 14.9. The summed E-state index contributed by atoms with van der Waals surface area (Å²) in [4.78, 5) is 14.4. The summed E-state index contributed by atoms with van der Waals surface area (Å²) in [5, 5.41) is 36.8. The van der Waals surface area contributed by atoms with E-state index in [0.717, 1.165) is 17.3 Å². The lowest BCUT2D eigenvalue weighted by molar-refractivity contribution is 0.0734. The Morgan fingerprint density at radius 1 is 1.15 bits per heavy atom. The quantitative estimate of drug-likeness (QED) is 0.542. The number of phenolic OH excluding ortho intramolecular Hbond substituents is 3. The topological polar surface area (TPSA) is 110 Å². The van der Waals surface area contributed by atoms with Gasteiger partial charge < -0.3 is 20.2 Å². The Balaban J connectivity index is 1.68. The average Bonchev–Trinajstić information content (AvgIpc) is 3.07. The maximum atomic E-state index is 12.8.